The van der Waals surface area contributed by atoms with Crippen LogP contribution in [0.2, 0.25) is 0 Å². The first kappa shape index (κ1) is 18.7. The number of amides is 2. The Morgan fingerprint density at radius 2 is 1.78 bits per heavy atom. The van der Waals surface area contributed by atoms with Gasteiger partial charge in [0.25, 0.3) is 0 Å². The summed E-state index contributed by atoms with van der Waals surface area (Å²) in [7, 11) is 0. The van der Waals surface area contributed by atoms with Crippen LogP contribution in [-0.2, 0) is 0 Å². The molecule has 5 nitrogen and oxygen atoms in total. The molecule has 0 radical (unpaired) electrons. The molecular weight excluding hydrogens is 340 g/mol. The lowest BCUT2D eigenvalue weighted by Gasteiger charge is -2.14. The molecule has 0 bridgehead atoms. The summed E-state index contributed by atoms with van der Waals surface area (Å²) in [5.41, 5.74) is 1.56. The molecule has 0 saturated heterocycles. The normalized spacial score (nSPS) is 11.8. The number of carbonyl (C=O) groups excluding carboxylic acids is 1. The molecule has 0 spiro atoms. The summed E-state index contributed by atoms with van der Waals surface area (Å²) in [5.74, 6) is 0.765. The van der Waals surface area contributed by atoms with Gasteiger partial charge in [-0.25, -0.2) is 4.79 Å². The van der Waals surface area contributed by atoms with Crippen LogP contribution < -0.4 is 15.4 Å². The summed E-state index contributed by atoms with van der Waals surface area (Å²) < 4.78 is 5.37. The minimum Gasteiger partial charge on any atom is -0.494 e. The Morgan fingerprint density at radius 3 is 2.56 bits per heavy atom. The number of urea groups is 1. The first-order chi connectivity index (χ1) is 13.2. The van der Waals surface area contributed by atoms with Crippen molar-refractivity contribution in [2.24, 2.45) is 0 Å². The summed E-state index contributed by atoms with van der Waals surface area (Å²) in [6, 6.07) is 20.7. The van der Waals surface area contributed by atoms with E-state index in [2.05, 4.69) is 10.6 Å². The van der Waals surface area contributed by atoms with Gasteiger partial charge in [0.2, 0.25) is 0 Å². The van der Waals surface area contributed by atoms with E-state index in [0.29, 0.717) is 25.3 Å². The second kappa shape index (κ2) is 9.05. The Labute approximate surface area is 159 Å². The molecule has 0 heterocycles. The number of hydrogen-bond acceptors (Lipinski definition) is 3. The number of aliphatic hydroxyl groups is 1. The standard InChI is InChI=1S/C22H24N2O3/c1-2-27-18-12-10-17(11-13-18)24-22(26)23-15-14-21(25)20-9-5-7-16-6-3-4-8-19(16)20/h3-13,21,25H,2,14-15H2,1H3,(H2,23,24,26). The third-order valence-corrected chi connectivity index (χ3v) is 4.31. The summed E-state index contributed by atoms with van der Waals surface area (Å²) >= 11 is 0. The van der Waals surface area contributed by atoms with E-state index in [4.69, 9.17) is 4.74 Å². The monoisotopic (exact) mass is 364 g/mol. The molecule has 0 aliphatic rings. The zero-order valence-electron chi connectivity index (χ0n) is 15.3. The van der Waals surface area contributed by atoms with E-state index in [1.165, 1.54) is 0 Å². The number of fused-ring (bicyclic) bond motifs is 1. The van der Waals surface area contributed by atoms with Gasteiger partial charge in [-0.3, -0.25) is 0 Å². The van der Waals surface area contributed by atoms with Gasteiger partial charge in [-0.15, -0.1) is 0 Å². The van der Waals surface area contributed by atoms with Crippen LogP contribution >= 0.6 is 0 Å². The molecule has 1 unspecified atom stereocenters. The van der Waals surface area contributed by atoms with Gasteiger partial charge in [0.05, 0.1) is 12.7 Å². The number of carbonyl (C=O) groups is 1. The van der Waals surface area contributed by atoms with Crippen molar-refractivity contribution >= 4 is 22.5 Å². The van der Waals surface area contributed by atoms with Crippen LogP contribution in [0.5, 0.6) is 5.75 Å². The van der Waals surface area contributed by atoms with E-state index in [9.17, 15) is 9.90 Å². The van der Waals surface area contributed by atoms with Crippen LogP contribution in [0.25, 0.3) is 10.8 Å². The highest BCUT2D eigenvalue weighted by atomic mass is 16.5. The number of ether oxygens (including phenoxy) is 1. The molecule has 2 amide bonds. The van der Waals surface area contributed by atoms with E-state index >= 15 is 0 Å². The number of hydrogen-bond donors (Lipinski definition) is 3. The molecule has 1 atom stereocenters. The van der Waals surface area contributed by atoms with Crippen LogP contribution in [-0.4, -0.2) is 24.3 Å². The first-order valence-electron chi connectivity index (χ1n) is 9.11. The largest absolute Gasteiger partial charge is 0.494 e. The molecule has 0 saturated carbocycles. The third-order valence-electron chi connectivity index (χ3n) is 4.31. The molecule has 0 aromatic heterocycles. The zero-order chi connectivity index (χ0) is 19.1. The van der Waals surface area contributed by atoms with Gasteiger partial charge < -0.3 is 20.5 Å². The minimum absolute atomic E-state index is 0.302. The molecule has 3 aromatic carbocycles. The Kier molecular flexibility index (Phi) is 6.28. The fraction of sp³-hybridized carbons (Fsp3) is 0.227. The van der Waals surface area contributed by atoms with Gasteiger partial charge in [-0.05, 0) is 53.9 Å². The lowest BCUT2D eigenvalue weighted by Crippen LogP contribution is -2.30. The van der Waals surface area contributed by atoms with Crippen molar-refractivity contribution in [1.29, 1.82) is 0 Å². The number of benzene rings is 3. The smallest absolute Gasteiger partial charge is 0.319 e. The highest BCUT2D eigenvalue weighted by molar-refractivity contribution is 5.89. The van der Waals surface area contributed by atoms with E-state index < -0.39 is 6.10 Å². The maximum atomic E-state index is 12.0. The van der Waals surface area contributed by atoms with Crippen molar-refractivity contribution in [3.63, 3.8) is 0 Å². The maximum Gasteiger partial charge on any atom is 0.319 e. The molecule has 27 heavy (non-hydrogen) atoms. The molecule has 140 valence electrons. The molecule has 0 fully saturated rings. The van der Waals surface area contributed by atoms with Crippen molar-refractivity contribution in [3.05, 3.63) is 72.3 Å². The van der Waals surface area contributed by atoms with Crippen molar-refractivity contribution in [2.45, 2.75) is 19.4 Å². The quantitative estimate of drug-likeness (QED) is 0.579. The fourth-order valence-corrected chi connectivity index (χ4v) is 3.00. The SMILES string of the molecule is CCOc1ccc(NC(=O)NCCC(O)c2cccc3ccccc23)cc1. The van der Waals surface area contributed by atoms with E-state index in [1.807, 2.05) is 61.5 Å². The average molecular weight is 364 g/mol. The topological polar surface area (TPSA) is 70.6 Å². The van der Waals surface area contributed by atoms with Gasteiger partial charge in [0.1, 0.15) is 5.75 Å². The zero-order valence-corrected chi connectivity index (χ0v) is 15.3. The highest BCUT2D eigenvalue weighted by Gasteiger charge is 2.11. The van der Waals surface area contributed by atoms with Crippen LogP contribution in [0.4, 0.5) is 10.5 Å². The maximum absolute atomic E-state index is 12.0. The van der Waals surface area contributed by atoms with E-state index in [1.54, 1.807) is 12.1 Å². The summed E-state index contributed by atoms with van der Waals surface area (Å²) in [6.45, 7) is 2.89. The minimum atomic E-state index is -0.637. The van der Waals surface area contributed by atoms with Gasteiger partial charge in [0, 0.05) is 12.2 Å². The first-order valence-corrected chi connectivity index (χ1v) is 9.11. The van der Waals surface area contributed by atoms with Crippen molar-refractivity contribution in [2.75, 3.05) is 18.5 Å². The van der Waals surface area contributed by atoms with Crippen molar-refractivity contribution in [1.82, 2.24) is 5.32 Å². The predicted molar refractivity (Wildman–Crippen MR) is 108 cm³/mol. The number of rotatable bonds is 7. The molecule has 5 heteroatoms. The third kappa shape index (κ3) is 4.99. The molecule has 3 N–H and O–H groups in total. The Bertz CT molecular complexity index is 888. The highest BCUT2D eigenvalue weighted by Crippen LogP contribution is 2.25. The van der Waals surface area contributed by atoms with Gasteiger partial charge >= 0.3 is 6.03 Å². The molecule has 3 rings (SSSR count). The summed E-state index contributed by atoms with van der Waals surface area (Å²) in [4.78, 5) is 12.0. The Balaban J connectivity index is 1.50. The summed E-state index contributed by atoms with van der Waals surface area (Å²) in [5, 5.41) is 18.2. The van der Waals surface area contributed by atoms with Gasteiger partial charge in [0.15, 0.2) is 0 Å². The van der Waals surface area contributed by atoms with Crippen LogP contribution in [0.1, 0.15) is 25.0 Å². The van der Waals surface area contributed by atoms with Crippen LogP contribution in [0.3, 0.4) is 0 Å². The second-order valence-electron chi connectivity index (χ2n) is 6.21. The number of anilines is 1. The lowest BCUT2D eigenvalue weighted by molar-refractivity contribution is 0.169. The predicted octanol–water partition coefficient (Wildman–Crippen LogP) is 4.48. The van der Waals surface area contributed by atoms with E-state index in [0.717, 1.165) is 22.1 Å². The lowest BCUT2D eigenvalue weighted by atomic mass is 9.99. The average Bonchev–Trinajstić information content (AvgIpc) is 2.69. The fourth-order valence-electron chi connectivity index (χ4n) is 3.00. The van der Waals surface area contributed by atoms with Crippen LogP contribution in [0, 0.1) is 0 Å². The number of aliphatic hydroxyl groups excluding tert-OH is 1. The molecule has 0 aliphatic carbocycles. The van der Waals surface area contributed by atoms with Crippen molar-refractivity contribution < 1.29 is 14.6 Å². The van der Waals surface area contributed by atoms with Gasteiger partial charge in [-0.1, -0.05) is 42.5 Å². The van der Waals surface area contributed by atoms with E-state index in [-0.39, 0.29) is 6.03 Å². The van der Waals surface area contributed by atoms with Crippen LogP contribution in [0.15, 0.2) is 66.7 Å². The van der Waals surface area contributed by atoms with Gasteiger partial charge in [-0.2, -0.15) is 0 Å². The number of nitrogens with one attached hydrogen (secondary N) is 2. The molecular formula is C22H24N2O3. The second-order valence-corrected chi connectivity index (χ2v) is 6.21. The Morgan fingerprint density at radius 1 is 1.04 bits per heavy atom. The Hall–Kier alpha value is -3.05. The summed E-state index contributed by atoms with van der Waals surface area (Å²) in [6.07, 6.45) is -0.202. The molecule has 0 aliphatic heterocycles. The van der Waals surface area contributed by atoms with Crippen molar-refractivity contribution in [3.8, 4) is 5.75 Å². The molecule has 3 aromatic rings.